The van der Waals surface area contributed by atoms with Crippen LogP contribution in [-0.4, -0.2) is 15.5 Å². The number of benzene rings is 1. The van der Waals surface area contributed by atoms with Gasteiger partial charge in [-0.2, -0.15) is 0 Å². The zero-order chi connectivity index (χ0) is 14.7. The summed E-state index contributed by atoms with van der Waals surface area (Å²) in [7, 11) is 1.30. The molecular formula is C13H12ClN3O3. The minimum Gasteiger partial charge on any atom is -0.348 e. The molecule has 0 spiro atoms. The van der Waals surface area contributed by atoms with Crippen LogP contribution in [0.25, 0.3) is 0 Å². The second-order valence-electron chi connectivity index (χ2n) is 4.15. The molecule has 1 aromatic heterocycles. The highest BCUT2D eigenvalue weighted by atomic mass is 35.5. The van der Waals surface area contributed by atoms with Crippen molar-refractivity contribution in [3.63, 3.8) is 0 Å². The fourth-order valence-corrected chi connectivity index (χ4v) is 1.84. The first-order chi connectivity index (χ1) is 9.50. The number of nitrogens with one attached hydrogen (secondary N) is 2. The summed E-state index contributed by atoms with van der Waals surface area (Å²) in [4.78, 5) is 37.2. The van der Waals surface area contributed by atoms with Crippen molar-refractivity contribution in [2.24, 2.45) is 7.05 Å². The molecule has 2 aromatic rings. The van der Waals surface area contributed by atoms with Gasteiger partial charge in [0.05, 0.1) is 0 Å². The van der Waals surface area contributed by atoms with E-state index >= 15 is 0 Å². The van der Waals surface area contributed by atoms with E-state index in [0.29, 0.717) is 5.02 Å². The minimum atomic E-state index is -0.648. The average molecular weight is 294 g/mol. The highest BCUT2D eigenvalue weighted by Gasteiger charge is 2.13. The van der Waals surface area contributed by atoms with Gasteiger partial charge in [0.2, 0.25) is 0 Å². The topological polar surface area (TPSA) is 84.0 Å². The molecule has 0 aliphatic rings. The van der Waals surface area contributed by atoms with Crippen LogP contribution in [0.1, 0.15) is 15.9 Å². The van der Waals surface area contributed by atoms with Crippen LogP contribution in [-0.2, 0) is 13.6 Å². The Morgan fingerprint density at radius 2 is 2.05 bits per heavy atom. The molecule has 2 rings (SSSR count). The molecule has 104 valence electrons. The summed E-state index contributed by atoms with van der Waals surface area (Å²) < 4.78 is 0.838. The Morgan fingerprint density at radius 3 is 2.75 bits per heavy atom. The highest BCUT2D eigenvalue weighted by Crippen LogP contribution is 2.14. The highest BCUT2D eigenvalue weighted by molar-refractivity contribution is 6.31. The predicted octanol–water partition coefficient (Wildman–Crippen LogP) is 0.657. The van der Waals surface area contributed by atoms with Gasteiger partial charge in [0, 0.05) is 24.8 Å². The Morgan fingerprint density at radius 1 is 1.35 bits per heavy atom. The fourth-order valence-electron chi connectivity index (χ4n) is 1.64. The van der Waals surface area contributed by atoms with Crippen molar-refractivity contribution in [1.29, 1.82) is 0 Å². The molecule has 0 radical (unpaired) electrons. The molecule has 0 aliphatic carbocycles. The number of aromatic amines is 1. The molecular weight excluding hydrogens is 282 g/mol. The van der Waals surface area contributed by atoms with Gasteiger partial charge in [0.15, 0.2) is 0 Å². The second kappa shape index (κ2) is 5.75. The van der Waals surface area contributed by atoms with Gasteiger partial charge in [-0.05, 0) is 11.6 Å². The van der Waals surface area contributed by atoms with Crippen molar-refractivity contribution >= 4 is 17.5 Å². The zero-order valence-corrected chi connectivity index (χ0v) is 11.4. The Balaban J connectivity index is 2.18. The molecule has 1 aromatic carbocycles. The van der Waals surface area contributed by atoms with Crippen molar-refractivity contribution in [2.75, 3.05) is 0 Å². The van der Waals surface area contributed by atoms with E-state index in [0.717, 1.165) is 16.3 Å². The van der Waals surface area contributed by atoms with Crippen molar-refractivity contribution in [3.8, 4) is 0 Å². The Hall–Kier alpha value is -2.34. The van der Waals surface area contributed by atoms with Crippen molar-refractivity contribution in [2.45, 2.75) is 6.54 Å². The SMILES string of the molecule is Cn1c(=O)[nH]cc(C(=O)NCc2ccccc2Cl)c1=O. The van der Waals surface area contributed by atoms with Crippen LogP contribution in [0.4, 0.5) is 0 Å². The Kier molecular flexibility index (Phi) is 4.05. The largest absolute Gasteiger partial charge is 0.348 e. The lowest BCUT2D eigenvalue weighted by molar-refractivity contribution is 0.0948. The van der Waals surface area contributed by atoms with Gasteiger partial charge in [0.1, 0.15) is 5.56 Å². The molecule has 0 aliphatic heterocycles. The van der Waals surface area contributed by atoms with Crippen molar-refractivity contribution < 1.29 is 4.79 Å². The van der Waals surface area contributed by atoms with Crippen LogP contribution < -0.4 is 16.6 Å². The molecule has 7 heteroatoms. The maximum Gasteiger partial charge on any atom is 0.328 e. The third kappa shape index (κ3) is 2.80. The molecule has 2 N–H and O–H groups in total. The Bertz CT molecular complexity index is 764. The van der Waals surface area contributed by atoms with Gasteiger partial charge >= 0.3 is 5.69 Å². The fraction of sp³-hybridized carbons (Fsp3) is 0.154. The molecule has 1 heterocycles. The van der Waals surface area contributed by atoms with Crippen LogP contribution in [0.15, 0.2) is 40.1 Å². The summed E-state index contributed by atoms with van der Waals surface area (Å²) in [6, 6.07) is 7.06. The summed E-state index contributed by atoms with van der Waals surface area (Å²) in [5.41, 5.74) is -0.606. The molecule has 0 bridgehead atoms. The quantitative estimate of drug-likeness (QED) is 0.872. The van der Waals surface area contributed by atoms with Gasteiger partial charge < -0.3 is 10.3 Å². The third-order valence-electron chi connectivity index (χ3n) is 2.82. The standard InChI is InChI=1S/C13H12ClN3O3/c1-17-12(19)9(7-16-13(17)20)11(18)15-6-8-4-2-3-5-10(8)14/h2-5,7H,6H2,1H3,(H,15,18)(H,16,20). The molecule has 0 saturated heterocycles. The zero-order valence-electron chi connectivity index (χ0n) is 10.6. The van der Waals surface area contributed by atoms with Gasteiger partial charge in [-0.1, -0.05) is 29.8 Å². The van der Waals surface area contributed by atoms with E-state index in [1.54, 1.807) is 24.3 Å². The molecule has 1 amide bonds. The number of hydrogen-bond acceptors (Lipinski definition) is 3. The summed E-state index contributed by atoms with van der Waals surface area (Å²) in [6.45, 7) is 0.195. The first-order valence-electron chi connectivity index (χ1n) is 5.81. The van der Waals surface area contributed by atoms with Gasteiger partial charge in [-0.25, -0.2) is 4.79 Å². The summed E-state index contributed by atoms with van der Waals surface area (Å²) in [6.07, 6.45) is 1.10. The smallest absolute Gasteiger partial charge is 0.328 e. The minimum absolute atomic E-state index is 0.126. The maximum atomic E-state index is 11.9. The molecule has 6 nitrogen and oxygen atoms in total. The van der Waals surface area contributed by atoms with Gasteiger partial charge in [-0.15, -0.1) is 0 Å². The number of carbonyl (C=O) groups is 1. The van der Waals surface area contributed by atoms with E-state index in [9.17, 15) is 14.4 Å². The number of H-pyrrole nitrogens is 1. The van der Waals surface area contributed by atoms with E-state index in [1.165, 1.54) is 7.05 Å². The number of aromatic nitrogens is 2. The third-order valence-corrected chi connectivity index (χ3v) is 3.19. The monoisotopic (exact) mass is 293 g/mol. The predicted molar refractivity (Wildman–Crippen MR) is 74.9 cm³/mol. The first kappa shape index (κ1) is 14.1. The molecule has 0 fully saturated rings. The van der Waals surface area contributed by atoms with E-state index in [4.69, 9.17) is 11.6 Å². The van der Waals surface area contributed by atoms with E-state index in [-0.39, 0.29) is 12.1 Å². The second-order valence-corrected chi connectivity index (χ2v) is 4.55. The van der Waals surface area contributed by atoms with Gasteiger partial charge in [0.25, 0.3) is 11.5 Å². The average Bonchev–Trinajstić information content (AvgIpc) is 2.44. The number of rotatable bonds is 3. The van der Waals surface area contributed by atoms with Crippen LogP contribution in [0, 0.1) is 0 Å². The van der Waals surface area contributed by atoms with Crippen molar-refractivity contribution in [1.82, 2.24) is 14.9 Å². The summed E-state index contributed by atoms with van der Waals surface area (Å²) >= 11 is 5.97. The number of halogens is 1. The van der Waals surface area contributed by atoms with E-state index in [2.05, 4.69) is 10.3 Å². The number of nitrogens with zero attached hydrogens (tertiary/aromatic N) is 1. The molecule has 0 atom stereocenters. The van der Waals surface area contributed by atoms with E-state index < -0.39 is 17.2 Å². The maximum absolute atomic E-state index is 11.9. The summed E-state index contributed by atoms with van der Waals surface area (Å²) in [5.74, 6) is -0.568. The molecule has 0 unspecified atom stereocenters. The number of carbonyl (C=O) groups excluding carboxylic acids is 1. The number of hydrogen-bond donors (Lipinski definition) is 2. The lowest BCUT2D eigenvalue weighted by Gasteiger charge is -2.07. The molecule has 20 heavy (non-hydrogen) atoms. The van der Waals surface area contributed by atoms with Crippen LogP contribution >= 0.6 is 11.6 Å². The lowest BCUT2D eigenvalue weighted by Crippen LogP contribution is -2.38. The van der Waals surface area contributed by atoms with Crippen LogP contribution in [0.5, 0.6) is 0 Å². The van der Waals surface area contributed by atoms with Crippen molar-refractivity contribution in [3.05, 3.63) is 67.4 Å². The van der Waals surface area contributed by atoms with Gasteiger partial charge in [-0.3, -0.25) is 14.2 Å². The number of amides is 1. The summed E-state index contributed by atoms with van der Waals surface area (Å²) in [5, 5.41) is 3.11. The lowest BCUT2D eigenvalue weighted by atomic mass is 10.2. The van der Waals surface area contributed by atoms with E-state index in [1.807, 2.05) is 0 Å². The normalized spacial score (nSPS) is 10.3. The van der Waals surface area contributed by atoms with Crippen LogP contribution in [0.2, 0.25) is 5.02 Å². The molecule has 0 saturated carbocycles. The first-order valence-corrected chi connectivity index (χ1v) is 6.19. The van der Waals surface area contributed by atoms with Crippen LogP contribution in [0.3, 0.4) is 0 Å². The Labute approximate surface area is 119 Å².